The van der Waals surface area contributed by atoms with Crippen LogP contribution in [0.25, 0.3) is 12.2 Å². The number of hydrogen-bond acceptors (Lipinski definition) is 12. The second-order valence-corrected chi connectivity index (χ2v) is 12.6. The van der Waals surface area contributed by atoms with Gasteiger partial charge in [-0.25, -0.2) is 0 Å². The lowest BCUT2D eigenvalue weighted by molar-refractivity contribution is -0.251. The van der Waals surface area contributed by atoms with Crippen molar-refractivity contribution in [3.63, 3.8) is 0 Å². The number of hydrogen-bond donors (Lipinski definition) is 0. The average Bonchev–Trinajstić information content (AvgIpc) is 3.02. The predicted molar refractivity (Wildman–Crippen MR) is 179 cm³/mol. The first-order valence-corrected chi connectivity index (χ1v) is 16.8. The molecule has 49 heavy (non-hydrogen) atoms. The Morgan fingerprint density at radius 2 is 0.980 bits per heavy atom. The summed E-state index contributed by atoms with van der Waals surface area (Å²) in [7, 11) is 0. The fraction of sp³-hybridized carbons (Fsp3) is 0.595. The Hall–Kier alpha value is -4.03. The molecule has 2 heterocycles. The highest BCUT2D eigenvalue weighted by molar-refractivity contribution is 5.69. The highest BCUT2D eigenvalue weighted by Crippen LogP contribution is 2.36. The van der Waals surface area contributed by atoms with Gasteiger partial charge in [0.15, 0.2) is 18.3 Å². The minimum Gasteiger partial charge on any atom is -0.463 e. The Morgan fingerprint density at radius 3 is 1.43 bits per heavy atom. The monoisotopic (exact) mass is 686 g/mol. The van der Waals surface area contributed by atoms with Gasteiger partial charge in [-0.3, -0.25) is 24.0 Å². The predicted octanol–water partition coefficient (Wildman–Crippen LogP) is 5.00. The molecule has 10 atom stereocenters. The Kier molecular flexibility index (Phi) is 15.0. The van der Waals surface area contributed by atoms with E-state index >= 15 is 0 Å². The number of ether oxygens (including phenoxy) is 7. The molecule has 0 aliphatic carbocycles. The molecule has 3 rings (SSSR count). The van der Waals surface area contributed by atoms with Gasteiger partial charge in [-0.05, 0) is 36.3 Å². The fourth-order valence-electron chi connectivity index (χ4n) is 6.34. The van der Waals surface area contributed by atoms with Crippen LogP contribution in [0.4, 0.5) is 0 Å². The minimum absolute atomic E-state index is 0.109. The van der Waals surface area contributed by atoms with Gasteiger partial charge in [-0.15, -0.1) is 0 Å². The fourth-order valence-corrected chi connectivity index (χ4v) is 6.34. The van der Waals surface area contributed by atoms with Gasteiger partial charge in [-0.2, -0.15) is 0 Å². The summed E-state index contributed by atoms with van der Waals surface area (Å²) in [5.41, 5.74) is 1.87. The third-order valence-electron chi connectivity index (χ3n) is 8.74. The van der Waals surface area contributed by atoms with Gasteiger partial charge >= 0.3 is 29.8 Å². The van der Waals surface area contributed by atoms with Crippen molar-refractivity contribution in [2.24, 2.45) is 11.8 Å². The van der Waals surface area contributed by atoms with Crippen LogP contribution in [0.5, 0.6) is 0 Å². The van der Waals surface area contributed by atoms with Gasteiger partial charge in [0.25, 0.3) is 0 Å². The average molecular weight is 687 g/mol. The SMILES string of the molecule is CC[C@H]1O[C@H](C/C=C/c2ccc(/C=C/C[C@H]3O[C@H](COC(C)=O)[C@@H](OC(C)=O)[C@H](OC(C)=O)[C@@H]3OC(C)=O)cc2)[C@@H](OC(C)=O)[C@@H](C)[C@H]1C. The zero-order chi connectivity index (χ0) is 36.2. The summed E-state index contributed by atoms with van der Waals surface area (Å²) in [5, 5.41) is 0. The summed E-state index contributed by atoms with van der Waals surface area (Å²) in [5.74, 6) is -2.43. The summed E-state index contributed by atoms with van der Waals surface area (Å²) in [6.07, 6.45) is 3.70. The molecule has 0 unspecified atom stereocenters. The Morgan fingerprint density at radius 1 is 0.571 bits per heavy atom. The molecular weight excluding hydrogens is 636 g/mol. The maximum Gasteiger partial charge on any atom is 0.303 e. The van der Waals surface area contributed by atoms with Crippen LogP contribution >= 0.6 is 0 Å². The first-order valence-electron chi connectivity index (χ1n) is 16.8. The number of carbonyl (C=O) groups is 5. The molecule has 0 aromatic heterocycles. The van der Waals surface area contributed by atoms with E-state index in [0.29, 0.717) is 6.42 Å². The summed E-state index contributed by atoms with van der Waals surface area (Å²) in [6.45, 7) is 12.3. The quantitative estimate of drug-likeness (QED) is 0.203. The molecule has 0 radical (unpaired) electrons. The molecule has 0 amide bonds. The molecule has 1 aromatic carbocycles. The zero-order valence-corrected chi connectivity index (χ0v) is 29.6. The van der Waals surface area contributed by atoms with Gasteiger partial charge in [-0.1, -0.05) is 69.3 Å². The Bertz CT molecular complexity index is 1350. The van der Waals surface area contributed by atoms with Gasteiger partial charge in [0.1, 0.15) is 24.9 Å². The van der Waals surface area contributed by atoms with Crippen molar-refractivity contribution in [3.8, 4) is 0 Å². The van der Waals surface area contributed by atoms with Crippen LogP contribution in [0.3, 0.4) is 0 Å². The van der Waals surface area contributed by atoms with Gasteiger partial charge in [0.05, 0.1) is 12.2 Å². The standard InChI is InChI=1S/C37H50O12/c1-9-30-21(2)22(3)34(44-24(5)39)31(48-30)14-10-12-28-16-18-29(19-17-28)13-11-15-32-35(45-25(6)40)37(47-27(8)42)36(46-26(7)41)33(49-32)20-43-23(4)38/h10-13,16-19,21-22,30-37H,9,14-15,20H2,1-8H3/b12-10+,13-11+/t21-,22+,30-,31-,32-,33-,34+,35-,36-,37-/m1/s1. The van der Waals surface area contributed by atoms with Gasteiger partial charge < -0.3 is 33.2 Å². The van der Waals surface area contributed by atoms with E-state index in [-0.39, 0.29) is 49.1 Å². The van der Waals surface area contributed by atoms with Crippen molar-refractivity contribution in [2.45, 2.75) is 123 Å². The van der Waals surface area contributed by atoms with Crippen molar-refractivity contribution in [1.29, 1.82) is 0 Å². The van der Waals surface area contributed by atoms with Crippen molar-refractivity contribution < 1.29 is 57.1 Å². The van der Waals surface area contributed by atoms with Crippen molar-refractivity contribution >= 4 is 42.0 Å². The molecule has 2 saturated heterocycles. The van der Waals surface area contributed by atoms with Crippen LogP contribution in [-0.4, -0.2) is 85.3 Å². The van der Waals surface area contributed by atoms with Crippen molar-refractivity contribution in [1.82, 2.24) is 0 Å². The smallest absolute Gasteiger partial charge is 0.303 e. The largest absolute Gasteiger partial charge is 0.463 e. The molecule has 2 aliphatic rings. The molecule has 12 heteroatoms. The molecule has 0 spiro atoms. The first kappa shape index (κ1) is 39.4. The van der Waals surface area contributed by atoms with E-state index in [9.17, 15) is 24.0 Å². The summed E-state index contributed by atoms with van der Waals surface area (Å²) in [6, 6.07) is 7.82. The van der Waals surface area contributed by atoms with E-state index in [1.165, 1.54) is 34.6 Å². The minimum atomic E-state index is -1.20. The third kappa shape index (κ3) is 11.8. The maximum atomic E-state index is 12.1. The van der Waals surface area contributed by atoms with Crippen LogP contribution in [0.2, 0.25) is 0 Å². The van der Waals surface area contributed by atoms with Gasteiger partial charge in [0, 0.05) is 40.5 Å². The van der Waals surface area contributed by atoms with Crippen LogP contribution in [0.1, 0.15) is 85.8 Å². The lowest BCUT2D eigenvalue weighted by atomic mass is 9.79. The Balaban J connectivity index is 1.72. The molecule has 1 aromatic rings. The van der Waals surface area contributed by atoms with E-state index in [0.717, 1.165) is 17.5 Å². The topological polar surface area (TPSA) is 150 Å². The van der Waals surface area contributed by atoms with Gasteiger partial charge in [0.2, 0.25) is 0 Å². The van der Waals surface area contributed by atoms with Crippen molar-refractivity contribution in [2.75, 3.05) is 6.61 Å². The molecule has 0 bridgehead atoms. The summed E-state index contributed by atoms with van der Waals surface area (Å²) >= 11 is 0. The molecule has 2 aliphatic heterocycles. The summed E-state index contributed by atoms with van der Waals surface area (Å²) in [4.78, 5) is 59.4. The molecule has 270 valence electrons. The first-order chi connectivity index (χ1) is 23.2. The van der Waals surface area contributed by atoms with Crippen LogP contribution in [-0.2, 0) is 57.1 Å². The number of rotatable bonds is 13. The second kappa shape index (κ2) is 18.7. The molecule has 12 nitrogen and oxygen atoms in total. The van der Waals surface area contributed by atoms with E-state index < -0.39 is 54.4 Å². The Labute approximate surface area is 288 Å². The van der Waals surface area contributed by atoms with Crippen LogP contribution < -0.4 is 0 Å². The highest BCUT2D eigenvalue weighted by atomic mass is 16.7. The van der Waals surface area contributed by atoms with E-state index in [1.807, 2.05) is 48.6 Å². The highest BCUT2D eigenvalue weighted by Gasteiger charge is 2.51. The second-order valence-electron chi connectivity index (χ2n) is 12.6. The molecule has 0 saturated carbocycles. The van der Waals surface area contributed by atoms with E-state index in [4.69, 9.17) is 33.2 Å². The molecular formula is C37H50O12. The third-order valence-corrected chi connectivity index (χ3v) is 8.74. The normalized spacial score (nSPS) is 30.0. The summed E-state index contributed by atoms with van der Waals surface area (Å²) < 4.78 is 39.8. The number of benzene rings is 1. The van der Waals surface area contributed by atoms with Crippen LogP contribution in [0, 0.1) is 11.8 Å². The van der Waals surface area contributed by atoms with E-state index in [1.54, 1.807) is 0 Å². The lowest BCUT2D eigenvalue weighted by Gasteiger charge is -2.44. The zero-order valence-electron chi connectivity index (χ0n) is 29.6. The number of carbonyl (C=O) groups excluding carboxylic acids is 5. The lowest BCUT2D eigenvalue weighted by Crippen LogP contribution is -2.62. The molecule has 0 N–H and O–H groups in total. The number of esters is 5. The maximum absolute atomic E-state index is 12.1. The van der Waals surface area contributed by atoms with E-state index in [2.05, 4.69) is 20.8 Å². The van der Waals surface area contributed by atoms with Crippen LogP contribution in [0.15, 0.2) is 36.4 Å². The van der Waals surface area contributed by atoms with Crippen molar-refractivity contribution in [3.05, 3.63) is 47.5 Å². The molecule has 2 fully saturated rings.